The summed E-state index contributed by atoms with van der Waals surface area (Å²) in [5, 5.41) is 38.9. The smallest absolute Gasteiger partial charge is 0.328 e. The first-order valence-electron chi connectivity index (χ1n) is 10.6. The van der Waals surface area contributed by atoms with E-state index in [1.807, 2.05) is 0 Å². The van der Waals surface area contributed by atoms with E-state index >= 15 is 0 Å². The van der Waals surface area contributed by atoms with Gasteiger partial charge in [-0.1, -0.05) is 31.3 Å². The van der Waals surface area contributed by atoms with Crippen molar-refractivity contribution in [2.45, 2.75) is 76.6 Å². The molecule has 0 saturated carbocycles. The fourth-order valence-electron chi connectivity index (χ4n) is 2.75. The van der Waals surface area contributed by atoms with Gasteiger partial charge < -0.3 is 41.5 Å². The second-order valence-corrected chi connectivity index (χ2v) is 7.46. The van der Waals surface area contributed by atoms with E-state index in [0.717, 1.165) is 25.7 Å². The summed E-state index contributed by atoms with van der Waals surface area (Å²) in [6, 6.07) is -4.27. The summed E-state index contributed by atoms with van der Waals surface area (Å²) in [7, 11) is 0. The van der Waals surface area contributed by atoms with Crippen molar-refractivity contribution in [3.05, 3.63) is 11.7 Å². The molecule has 0 aliphatic rings. The van der Waals surface area contributed by atoms with Crippen LogP contribution in [-0.4, -0.2) is 68.7 Å². The Kier molecular flexibility index (Phi) is 12.2. The van der Waals surface area contributed by atoms with Crippen LogP contribution in [-0.2, 0) is 9.59 Å². The standard InChI is InChI=1S/C19H34N6O7/c1-3-4-5-6-9-21-14(28)8-7-13(17-24-16(25-32-17)12(20)10-26)22-19(31)23-15(11(2)27)18(29)30/h11-13,15,26-27H,3-10,20H2,1-2H3,(H,21,28)(H,29,30)(H2,22,23,31)/t11?,12-,13-,15?/m0/s1. The van der Waals surface area contributed by atoms with Gasteiger partial charge in [-0.3, -0.25) is 4.79 Å². The second kappa shape index (κ2) is 14.3. The Morgan fingerprint density at radius 2 is 1.91 bits per heavy atom. The predicted molar refractivity (Wildman–Crippen MR) is 112 cm³/mol. The minimum Gasteiger partial charge on any atom is -0.480 e. The number of aliphatic hydroxyl groups excluding tert-OH is 2. The van der Waals surface area contributed by atoms with Crippen LogP contribution >= 0.6 is 0 Å². The first-order valence-corrected chi connectivity index (χ1v) is 10.6. The topological polar surface area (TPSA) is 213 Å². The predicted octanol–water partition coefficient (Wildman–Crippen LogP) is -0.287. The van der Waals surface area contributed by atoms with Crippen molar-refractivity contribution in [1.82, 2.24) is 26.1 Å². The molecule has 32 heavy (non-hydrogen) atoms. The molecule has 0 spiro atoms. The highest BCUT2D eigenvalue weighted by Crippen LogP contribution is 2.18. The van der Waals surface area contributed by atoms with Gasteiger partial charge in [0.25, 0.3) is 0 Å². The van der Waals surface area contributed by atoms with E-state index in [4.69, 9.17) is 20.5 Å². The molecule has 0 saturated heterocycles. The molecule has 0 bridgehead atoms. The maximum atomic E-state index is 12.3. The Hall–Kier alpha value is -2.77. The highest BCUT2D eigenvalue weighted by molar-refractivity contribution is 5.83. The first kappa shape index (κ1) is 27.3. The molecule has 1 rings (SSSR count). The summed E-state index contributed by atoms with van der Waals surface area (Å²) >= 11 is 0. The van der Waals surface area contributed by atoms with Crippen molar-refractivity contribution >= 4 is 17.9 Å². The largest absolute Gasteiger partial charge is 0.480 e. The fraction of sp³-hybridized carbons (Fsp3) is 0.737. The van der Waals surface area contributed by atoms with Crippen molar-refractivity contribution in [1.29, 1.82) is 0 Å². The third-order valence-electron chi connectivity index (χ3n) is 4.64. The van der Waals surface area contributed by atoms with Gasteiger partial charge in [0, 0.05) is 13.0 Å². The Morgan fingerprint density at radius 3 is 2.50 bits per heavy atom. The molecule has 2 unspecified atom stereocenters. The summed E-state index contributed by atoms with van der Waals surface area (Å²) < 4.78 is 5.12. The number of carbonyl (C=O) groups is 3. The number of urea groups is 1. The quantitative estimate of drug-likeness (QED) is 0.171. The van der Waals surface area contributed by atoms with E-state index in [-0.39, 0.29) is 30.5 Å². The van der Waals surface area contributed by atoms with Crippen LogP contribution in [0.3, 0.4) is 0 Å². The van der Waals surface area contributed by atoms with Gasteiger partial charge in [-0.2, -0.15) is 4.98 Å². The lowest BCUT2D eigenvalue weighted by atomic mass is 10.1. The lowest BCUT2D eigenvalue weighted by Crippen LogP contribution is -2.51. The number of carbonyl (C=O) groups excluding carboxylic acids is 2. The Bertz CT molecular complexity index is 727. The van der Waals surface area contributed by atoms with Crippen molar-refractivity contribution in [2.24, 2.45) is 5.73 Å². The van der Waals surface area contributed by atoms with Crippen LogP contribution in [0.2, 0.25) is 0 Å². The summed E-state index contributed by atoms with van der Waals surface area (Å²) in [4.78, 5) is 39.7. The molecule has 0 aliphatic carbocycles. The van der Waals surface area contributed by atoms with Gasteiger partial charge in [0.15, 0.2) is 11.9 Å². The minimum atomic E-state index is -1.54. The minimum absolute atomic E-state index is 0.0162. The van der Waals surface area contributed by atoms with Gasteiger partial charge in [-0.25, -0.2) is 9.59 Å². The molecule has 4 atom stereocenters. The molecule has 0 aliphatic heterocycles. The van der Waals surface area contributed by atoms with Gasteiger partial charge in [0.2, 0.25) is 11.8 Å². The highest BCUT2D eigenvalue weighted by Gasteiger charge is 2.28. The number of unbranched alkanes of at least 4 members (excludes halogenated alkanes) is 3. The van der Waals surface area contributed by atoms with Crippen LogP contribution in [0.4, 0.5) is 4.79 Å². The number of aliphatic carboxylic acids is 1. The van der Waals surface area contributed by atoms with Crippen LogP contribution in [0, 0.1) is 0 Å². The maximum Gasteiger partial charge on any atom is 0.328 e. The molecule has 1 aromatic rings. The summed E-state index contributed by atoms with van der Waals surface area (Å²) in [5.41, 5.74) is 5.66. The third kappa shape index (κ3) is 9.58. The fourth-order valence-corrected chi connectivity index (χ4v) is 2.75. The van der Waals surface area contributed by atoms with Crippen LogP contribution < -0.4 is 21.7 Å². The monoisotopic (exact) mass is 458 g/mol. The van der Waals surface area contributed by atoms with Crippen LogP contribution in [0.1, 0.15) is 76.2 Å². The average Bonchev–Trinajstić information content (AvgIpc) is 3.23. The number of amides is 3. The van der Waals surface area contributed by atoms with Gasteiger partial charge in [0.05, 0.1) is 18.8 Å². The Labute approximate surface area is 186 Å². The number of aromatic nitrogens is 2. The van der Waals surface area contributed by atoms with Gasteiger partial charge in [-0.05, 0) is 19.8 Å². The van der Waals surface area contributed by atoms with E-state index in [9.17, 15) is 19.5 Å². The number of aliphatic hydroxyl groups is 2. The van der Waals surface area contributed by atoms with Gasteiger partial charge in [0.1, 0.15) is 6.04 Å². The van der Waals surface area contributed by atoms with Crippen molar-refractivity contribution in [3.63, 3.8) is 0 Å². The molecule has 0 fully saturated rings. The van der Waals surface area contributed by atoms with E-state index in [0.29, 0.717) is 6.54 Å². The Balaban J connectivity index is 2.78. The molecule has 0 aromatic carbocycles. The van der Waals surface area contributed by atoms with Crippen LogP contribution in [0.25, 0.3) is 0 Å². The van der Waals surface area contributed by atoms with E-state index < -0.39 is 42.8 Å². The summed E-state index contributed by atoms with van der Waals surface area (Å²) in [6.45, 7) is 3.44. The number of carboxylic acid groups (broad SMARTS) is 1. The van der Waals surface area contributed by atoms with Crippen LogP contribution in [0.15, 0.2) is 4.52 Å². The lowest BCUT2D eigenvalue weighted by Gasteiger charge is -2.20. The molecule has 1 aromatic heterocycles. The highest BCUT2D eigenvalue weighted by atomic mass is 16.5. The maximum absolute atomic E-state index is 12.3. The van der Waals surface area contributed by atoms with Crippen molar-refractivity contribution in [2.75, 3.05) is 13.2 Å². The number of nitrogens with zero attached hydrogens (tertiary/aromatic N) is 2. The van der Waals surface area contributed by atoms with Crippen LogP contribution in [0.5, 0.6) is 0 Å². The zero-order valence-electron chi connectivity index (χ0n) is 18.4. The molecule has 13 heteroatoms. The third-order valence-corrected chi connectivity index (χ3v) is 4.64. The average molecular weight is 459 g/mol. The lowest BCUT2D eigenvalue weighted by molar-refractivity contribution is -0.141. The second-order valence-electron chi connectivity index (χ2n) is 7.46. The number of nitrogens with one attached hydrogen (secondary N) is 3. The first-order chi connectivity index (χ1) is 15.2. The molecule has 182 valence electrons. The zero-order chi connectivity index (χ0) is 24.1. The molecule has 3 amide bonds. The summed E-state index contributed by atoms with van der Waals surface area (Å²) in [6.07, 6.45) is 2.84. The normalized spacial score (nSPS) is 14.8. The number of nitrogens with two attached hydrogens (primary N) is 1. The van der Waals surface area contributed by atoms with E-state index in [2.05, 4.69) is 33.0 Å². The molecular formula is C19H34N6O7. The number of hydrogen-bond donors (Lipinski definition) is 7. The van der Waals surface area contributed by atoms with Gasteiger partial charge in [-0.15, -0.1) is 0 Å². The molecule has 0 radical (unpaired) electrons. The number of carboxylic acids is 1. The number of hydrogen-bond acceptors (Lipinski definition) is 9. The van der Waals surface area contributed by atoms with E-state index in [1.165, 1.54) is 6.92 Å². The van der Waals surface area contributed by atoms with E-state index in [1.54, 1.807) is 0 Å². The number of rotatable bonds is 15. The SMILES string of the molecule is CCCCCCNC(=O)CC[C@H](NC(=O)NC(C(=O)O)C(C)O)c1nc([C@@H](N)CO)no1. The molecular weight excluding hydrogens is 424 g/mol. The molecule has 1 heterocycles. The van der Waals surface area contributed by atoms with Crippen molar-refractivity contribution < 1.29 is 34.2 Å². The molecule has 13 nitrogen and oxygen atoms in total. The Morgan fingerprint density at radius 1 is 1.19 bits per heavy atom. The summed E-state index contributed by atoms with van der Waals surface area (Å²) in [5.74, 6) is -1.68. The van der Waals surface area contributed by atoms with Crippen molar-refractivity contribution in [3.8, 4) is 0 Å². The molecule has 8 N–H and O–H groups in total. The van der Waals surface area contributed by atoms with Gasteiger partial charge >= 0.3 is 12.0 Å². The zero-order valence-corrected chi connectivity index (χ0v) is 18.4.